The maximum atomic E-state index is 12.1. The highest BCUT2D eigenvalue weighted by atomic mass is 16.4. The van der Waals surface area contributed by atoms with Crippen molar-refractivity contribution in [1.29, 1.82) is 0 Å². The van der Waals surface area contributed by atoms with Crippen LogP contribution in [0.1, 0.15) is 37.3 Å². The molecule has 30 heavy (non-hydrogen) atoms. The second-order valence-electron chi connectivity index (χ2n) is 7.36. The zero-order chi connectivity index (χ0) is 21.8. The van der Waals surface area contributed by atoms with E-state index in [0.29, 0.717) is 41.5 Å². The number of aromatic amines is 1. The molecule has 3 rings (SSSR count). The normalized spacial score (nSPS) is 18.1. The molecule has 1 fully saturated rings. The highest BCUT2D eigenvalue weighted by Crippen LogP contribution is 2.33. The van der Waals surface area contributed by atoms with E-state index in [1.165, 1.54) is 0 Å². The zero-order valence-electron chi connectivity index (χ0n) is 16.1. The molecule has 2 aromatic rings. The van der Waals surface area contributed by atoms with Crippen LogP contribution in [0.25, 0.3) is 10.9 Å². The minimum Gasteiger partial charge on any atom is -0.481 e. The molecule has 1 amide bonds. The van der Waals surface area contributed by atoms with Crippen molar-refractivity contribution in [2.24, 2.45) is 5.92 Å². The van der Waals surface area contributed by atoms with Crippen molar-refractivity contribution in [2.75, 3.05) is 18.4 Å². The summed E-state index contributed by atoms with van der Waals surface area (Å²) in [5.74, 6) is -4.16. The van der Waals surface area contributed by atoms with E-state index in [4.69, 9.17) is 5.11 Å². The summed E-state index contributed by atoms with van der Waals surface area (Å²) < 4.78 is 0. The topological polar surface area (TPSA) is 160 Å². The number of benzene rings is 1. The van der Waals surface area contributed by atoms with Gasteiger partial charge in [-0.1, -0.05) is 0 Å². The number of anilines is 1. The third kappa shape index (κ3) is 4.77. The number of hydrogen-bond acceptors (Lipinski definition) is 5. The van der Waals surface area contributed by atoms with E-state index in [0.717, 1.165) is 0 Å². The van der Waals surface area contributed by atoms with Crippen molar-refractivity contribution in [3.8, 4) is 0 Å². The number of nitrogens with zero attached hydrogens (tertiary/aromatic N) is 1. The summed E-state index contributed by atoms with van der Waals surface area (Å²) in [5.41, 5.74) is 1.57. The van der Waals surface area contributed by atoms with Gasteiger partial charge in [-0.25, -0.2) is 0 Å². The maximum Gasteiger partial charge on any atom is 0.325 e. The highest BCUT2D eigenvalue weighted by molar-refractivity contribution is 5.96. The van der Waals surface area contributed by atoms with Crippen LogP contribution in [0.4, 0.5) is 5.69 Å². The summed E-state index contributed by atoms with van der Waals surface area (Å²) in [6, 6.07) is 3.94. The van der Waals surface area contributed by atoms with Gasteiger partial charge in [-0.05, 0) is 37.6 Å². The Morgan fingerprint density at radius 3 is 2.60 bits per heavy atom. The van der Waals surface area contributed by atoms with Crippen LogP contribution in [0.5, 0.6) is 0 Å². The van der Waals surface area contributed by atoms with E-state index in [9.17, 15) is 29.4 Å². The third-order valence-electron chi connectivity index (χ3n) is 5.26. The lowest BCUT2D eigenvalue weighted by Crippen LogP contribution is -2.43. The number of hydrogen-bond donors (Lipinski definition) is 5. The van der Waals surface area contributed by atoms with E-state index < -0.39 is 35.8 Å². The van der Waals surface area contributed by atoms with Gasteiger partial charge in [0.1, 0.15) is 6.04 Å². The number of fused-ring (bicyclic) bond motifs is 1. The van der Waals surface area contributed by atoms with Crippen LogP contribution in [0.2, 0.25) is 0 Å². The number of nitrogens with one attached hydrogen (secondary N) is 2. The Kier molecular flexibility index (Phi) is 6.36. The average molecular weight is 417 g/mol. The van der Waals surface area contributed by atoms with Crippen LogP contribution in [0.15, 0.2) is 24.4 Å². The summed E-state index contributed by atoms with van der Waals surface area (Å²) >= 11 is 0. The molecule has 2 atom stereocenters. The first-order chi connectivity index (χ1) is 14.3. The van der Waals surface area contributed by atoms with Crippen molar-refractivity contribution >= 4 is 40.4 Å². The Morgan fingerprint density at radius 2 is 1.93 bits per heavy atom. The Bertz CT molecular complexity index is 984. The van der Waals surface area contributed by atoms with Crippen LogP contribution in [-0.2, 0) is 19.2 Å². The number of H-pyrrole nitrogens is 1. The molecular formula is C20H23N3O7. The predicted octanol–water partition coefficient (Wildman–Crippen LogP) is 1.89. The number of piperidine rings is 1. The van der Waals surface area contributed by atoms with Crippen LogP contribution < -0.4 is 5.32 Å². The van der Waals surface area contributed by atoms with E-state index in [2.05, 4.69) is 10.3 Å². The van der Waals surface area contributed by atoms with Gasteiger partial charge in [0.15, 0.2) is 0 Å². The predicted molar refractivity (Wildman–Crippen MR) is 106 cm³/mol. The third-order valence-corrected chi connectivity index (χ3v) is 5.26. The van der Waals surface area contributed by atoms with E-state index in [1.807, 2.05) is 0 Å². The fraction of sp³-hybridized carbons (Fsp3) is 0.400. The van der Waals surface area contributed by atoms with Crippen LogP contribution in [0, 0.1) is 5.92 Å². The Labute approximate surface area is 171 Å². The van der Waals surface area contributed by atoms with Crippen LogP contribution in [-0.4, -0.2) is 62.1 Å². The lowest BCUT2D eigenvalue weighted by Gasteiger charge is -2.34. The van der Waals surface area contributed by atoms with Crippen molar-refractivity contribution in [3.63, 3.8) is 0 Å². The Morgan fingerprint density at radius 1 is 1.17 bits per heavy atom. The van der Waals surface area contributed by atoms with E-state index >= 15 is 0 Å². The number of rotatable bonds is 8. The molecule has 2 heterocycles. The summed E-state index contributed by atoms with van der Waals surface area (Å²) in [4.78, 5) is 50.7. The van der Waals surface area contributed by atoms with Crippen molar-refractivity contribution in [1.82, 2.24) is 9.88 Å². The van der Waals surface area contributed by atoms with Gasteiger partial charge in [0.2, 0.25) is 5.91 Å². The zero-order valence-corrected chi connectivity index (χ0v) is 16.1. The second-order valence-corrected chi connectivity index (χ2v) is 7.36. The SMILES string of the molecule is O=C(O)CCC(=O)Nc1ccc2[nH]cc([C@@H](C(=O)O)N3CCC[C@H](C(=O)O)C3)c2c1. The quantitative estimate of drug-likeness (QED) is 0.435. The molecular weight excluding hydrogens is 394 g/mol. The average Bonchev–Trinajstić information content (AvgIpc) is 3.09. The molecule has 1 aromatic carbocycles. The number of aromatic nitrogens is 1. The summed E-state index contributed by atoms with van der Waals surface area (Å²) in [6.45, 7) is 0.615. The molecule has 0 radical (unpaired) electrons. The number of carbonyl (C=O) groups is 4. The van der Waals surface area contributed by atoms with Crippen LogP contribution in [0.3, 0.4) is 0 Å². The fourth-order valence-corrected chi connectivity index (χ4v) is 3.82. The molecule has 0 spiro atoms. The number of carbonyl (C=O) groups excluding carboxylic acids is 1. The van der Waals surface area contributed by atoms with Gasteiger partial charge < -0.3 is 25.6 Å². The number of aliphatic carboxylic acids is 3. The molecule has 0 bridgehead atoms. The van der Waals surface area contributed by atoms with Crippen LogP contribution >= 0.6 is 0 Å². The molecule has 10 heteroatoms. The molecule has 0 unspecified atom stereocenters. The smallest absolute Gasteiger partial charge is 0.325 e. The number of likely N-dealkylation sites (tertiary alicyclic amines) is 1. The molecule has 5 N–H and O–H groups in total. The monoisotopic (exact) mass is 417 g/mol. The van der Waals surface area contributed by atoms with Gasteiger partial charge in [0.05, 0.1) is 12.3 Å². The second kappa shape index (κ2) is 8.95. The van der Waals surface area contributed by atoms with Gasteiger partial charge in [0.25, 0.3) is 0 Å². The molecule has 1 aliphatic rings. The largest absolute Gasteiger partial charge is 0.481 e. The van der Waals surface area contributed by atoms with Gasteiger partial charge in [-0.2, -0.15) is 0 Å². The van der Waals surface area contributed by atoms with E-state index in [-0.39, 0.29) is 19.4 Å². The molecule has 1 aliphatic heterocycles. The van der Waals surface area contributed by atoms with Crippen molar-refractivity contribution in [2.45, 2.75) is 31.7 Å². The minimum absolute atomic E-state index is 0.143. The molecule has 0 aliphatic carbocycles. The molecule has 10 nitrogen and oxygen atoms in total. The molecule has 1 saturated heterocycles. The maximum absolute atomic E-state index is 12.1. The standard InChI is InChI=1S/C20H23N3O7/c24-16(5-6-17(25)26)22-12-3-4-15-13(8-12)14(9-21-15)18(20(29)30)23-7-1-2-11(10-23)19(27)28/h3-4,8-9,11,18,21H,1-2,5-7,10H2,(H,22,24)(H,25,26)(H,27,28)(H,29,30)/t11-,18-/m0/s1. The highest BCUT2D eigenvalue weighted by Gasteiger charge is 2.35. The fourth-order valence-electron chi connectivity index (χ4n) is 3.82. The van der Waals surface area contributed by atoms with E-state index in [1.54, 1.807) is 29.3 Å². The number of amides is 1. The Balaban J connectivity index is 1.87. The minimum atomic E-state index is -1.09. The first-order valence-electron chi connectivity index (χ1n) is 9.58. The van der Waals surface area contributed by atoms with Crippen molar-refractivity contribution in [3.05, 3.63) is 30.0 Å². The molecule has 1 aromatic heterocycles. The number of carboxylic acid groups (broad SMARTS) is 3. The number of carboxylic acids is 3. The Hall–Kier alpha value is -3.40. The van der Waals surface area contributed by atoms with Gasteiger partial charge in [-0.15, -0.1) is 0 Å². The summed E-state index contributed by atoms with van der Waals surface area (Å²) in [6.07, 6.45) is 2.23. The van der Waals surface area contributed by atoms with Gasteiger partial charge >= 0.3 is 17.9 Å². The first-order valence-corrected chi connectivity index (χ1v) is 9.58. The summed E-state index contributed by atoms with van der Waals surface area (Å²) in [5, 5.41) is 31.1. The van der Waals surface area contributed by atoms with Crippen molar-refractivity contribution < 1.29 is 34.5 Å². The molecule has 160 valence electrons. The lowest BCUT2D eigenvalue weighted by atomic mass is 9.94. The van der Waals surface area contributed by atoms with Gasteiger partial charge in [0, 0.05) is 41.3 Å². The van der Waals surface area contributed by atoms with Gasteiger partial charge in [-0.3, -0.25) is 24.1 Å². The lowest BCUT2D eigenvalue weighted by molar-refractivity contribution is -0.149. The summed E-state index contributed by atoms with van der Waals surface area (Å²) in [7, 11) is 0. The first kappa shape index (κ1) is 21.3. The molecule has 0 saturated carbocycles.